The molecule has 0 bridgehead atoms. The van der Waals surface area contributed by atoms with Gasteiger partial charge in [0, 0.05) is 0 Å². The maximum atomic E-state index is 13.4. The highest BCUT2D eigenvalue weighted by molar-refractivity contribution is 5.90. The number of ether oxygens (including phenoxy) is 2. The molecule has 4 nitrogen and oxygen atoms in total. The van der Waals surface area contributed by atoms with Crippen molar-refractivity contribution in [3.8, 4) is 11.8 Å². The molecule has 0 aromatic heterocycles. The molecule has 0 aliphatic heterocycles. The van der Waals surface area contributed by atoms with E-state index in [1.807, 2.05) is 0 Å². The zero-order valence-electron chi connectivity index (χ0n) is 8.84. The van der Waals surface area contributed by atoms with Gasteiger partial charge in [-0.15, -0.1) is 13.2 Å². The number of nitrogens with zero attached hydrogens (tertiary/aromatic N) is 1. The van der Waals surface area contributed by atoms with Crippen molar-refractivity contribution in [1.82, 2.24) is 0 Å². The minimum Gasteiger partial charge on any atom is -0.465 e. The van der Waals surface area contributed by atoms with Crippen molar-refractivity contribution in [1.29, 1.82) is 5.26 Å². The van der Waals surface area contributed by atoms with Gasteiger partial charge in [0.1, 0.15) is 6.07 Å². The highest BCUT2D eigenvalue weighted by Gasteiger charge is 2.33. The lowest BCUT2D eigenvalue weighted by atomic mass is 10.1. The molecule has 0 aliphatic rings. The van der Waals surface area contributed by atoms with Gasteiger partial charge < -0.3 is 9.47 Å². The molecule has 18 heavy (non-hydrogen) atoms. The van der Waals surface area contributed by atoms with E-state index < -0.39 is 35.0 Å². The molecule has 0 spiro atoms. The third-order valence-corrected chi connectivity index (χ3v) is 1.81. The number of nitriles is 1. The fourth-order valence-electron chi connectivity index (χ4n) is 1.11. The molecule has 0 atom stereocenters. The van der Waals surface area contributed by atoms with E-state index >= 15 is 0 Å². The average Bonchev–Trinajstić information content (AvgIpc) is 2.29. The van der Waals surface area contributed by atoms with Crippen LogP contribution in [0.1, 0.15) is 15.9 Å². The number of benzene rings is 1. The van der Waals surface area contributed by atoms with Crippen LogP contribution in [0.25, 0.3) is 0 Å². The number of carbonyl (C=O) groups is 1. The third-order valence-electron chi connectivity index (χ3n) is 1.81. The molecular weight excluding hydrogens is 258 g/mol. The van der Waals surface area contributed by atoms with Crippen LogP contribution in [0.5, 0.6) is 5.75 Å². The summed E-state index contributed by atoms with van der Waals surface area (Å²) in [5.74, 6) is -3.78. The Morgan fingerprint density at radius 2 is 2.00 bits per heavy atom. The number of halogens is 4. The van der Waals surface area contributed by atoms with Gasteiger partial charge >= 0.3 is 12.3 Å². The van der Waals surface area contributed by atoms with Crippen LogP contribution in [0, 0.1) is 17.1 Å². The SMILES string of the molecule is COC(=O)c1cc(C#N)c(F)c(OC(F)(F)F)c1. The van der Waals surface area contributed by atoms with Gasteiger partial charge in [0.15, 0.2) is 11.6 Å². The van der Waals surface area contributed by atoms with Crippen LogP contribution in [0.3, 0.4) is 0 Å². The van der Waals surface area contributed by atoms with Gasteiger partial charge in [-0.3, -0.25) is 0 Å². The van der Waals surface area contributed by atoms with Crippen molar-refractivity contribution in [3.05, 3.63) is 29.1 Å². The minimum atomic E-state index is -5.14. The van der Waals surface area contributed by atoms with Crippen LogP contribution in [0.2, 0.25) is 0 Å². The molecule has 0 radical (unpaired) electrons. The minimum absolute atomic E-state index is 0.422. The molecule has 0 amide bonds. The third kappa shape index (κ3) is 3.10. The van der Waals surface area contributed by atoms with Gasteiger partial charge in [-0.2, -0.15) is 5.26 Å². The number of rotatable bonds is 2. The summed E-state index contributed by atoms with van der Waals surface area (Å²) in [6, 6.07) is 2.59. The summed E-state index contributed by atoms with van der Waals surface area (Å²) in [4.78, 5) is 11.1. The van der Waals surface area contributed by atoms with Crippen LogP contribution in [0.4, 0.5) is 17.6 Å². The van der Waals surface area contributed by atoms with Crippen molar-refractivity contribution in [2.24, 2.45) is 0 Å². The number of carbonyl (C=O) groups excluding carboxylic acids is 1. The first-order valence-electron chi connectivity index (χ1n) is 4.36. The van der Waals surface area contributed by atoms with Gasteiger partial charge in [-0.25, -0.2) is 9.18 Å². The quantitative estimate of drug-likeness (QED) is 0.607. The van der Waals surface area contributed by atoms with Crippen LogP contribution < -0.4 is 4.74 Å². The second-order valence-electron chi connectivity index (χ2n) is 2.99. The molecule has 0 saturated carbocycles. The number of hydrogen-bond acceptors (Lipinski definition) is 4. The lowest BCUT2D eigenvalue weighted by molar-refractivity contribution is -0.275. The molecule has 1 rings (SSSR count). The smallest absolute Gasteiger partial charge is 0.465 e. The van der Waals surface area contributed by atoms with E-state index in [4.69, 9.17) is 5.26 Å². The zero-order valence-corrected chi connectivity index (χ0v) is 8.84. The predicted molar refractivity (Wildman–Crippen MR) is 49.1 cm³/mol. The Morgan fingerprint density at radius 1 is 1.39 bits per heavy atom. The van der Waals surface area contributed by atoms with E-state index in [-0.39, 0.29) is 0 Å². The standard InChI is InChI=1S/C10H5F4NO3/c1-17-9(16)5-2-6(4-15)8(11)7(3-5)18-10(12,13)14/h2-3H,1H3. The highest BCUT2D eigenvalue weighted by atomic mass is 19.4. The van der Waals surface area contributed by atoms with E-state index in [9.17, 15) is 22.4 Å². The first-order valence-corrected chi connectivity index (χ1v) is 4.36. The fraction of sp³-hybridized carbons (Fsp3) is 0.200. The van der Waals surface area contributed by atoms with E-state index in [2.05, 4.69) is 9.47 Å². The lowest BCUT2D eigenvalue weighted by Crippen LogP contribution is -2.19. The highest BCUT2D eigenvalue weighted by Crippen LogP contribution is 2.28. The molecule has 0 aliphatic carbocycles. The number of esters is 1. The topological polar surface area (TPSA) is 59.3 Å². The summed E-state index contributed by atoms with van der Waals surface area (Å²) in [7, 11) is 0.988. The Hall–Kier alpha value is -2.30. The van der Waals surface area contributed by atoms with Crippen molar-refractivity contribution in [3.63, 3.8) is 0 Å². The first kappa shape index (κ1) is 13.8. The molecule has 0 N–H and O–H groups in total. The van der Waals surface area contributed by atoms with Crippen molar-refractivity contribution >= 4 is 5.97 Å². The second kappa shape index (κ2) is 4.91. The Labute approximate surface area is 98.3 Å². The summed E-state index contributed by atoms with van der Waals surface area (Å²) in [6.45, 7) is 0. The normalized spacial score (nSPS) is 10.7. The Morgan fingerprint density at radius 3 is 2.44 bits per heavy atom. The average molecular weight is 263 g/mol. The molecule has 96 valence electrons. The summed E-state index contributed by atoms with van der Waals surface area (Å²) in [5.41, 5.74) is -1.17. The summed E-state index contributed by atoms with van der Waals surface area (Å²) >= 11 is 0. The van der Waals surface area contributed by atoms with E-state index in [0.717, 1.165) is 13.2 Å². The van der Waals surface area contributed by atoms with Crippen LogP contribution in [-0.4, -0.2) is 19.4 Å². The first-order chi connectivity index (χ1) is 8.28. The Bertz CT molecular complexity index is 519. The monoisotopic (exact) mass is 263 g/mol. The maximum Gasteiger partial charge on any atom is 0.573 e. The van der Waals surface area contributed by atoms with Gasteiger partial charge in [0.25, 0.3) is 0 Å². The molecule has 1 aromatic carbocycles. The molecular formula is C10H5F4NO3. The molecule has 0 fully saturated rings. The Kier molecular flexibility index (Phi) is 3.76. The van der Waals surface area contributed by atoms with Crippen molar-refractivity contribution < 1.29 is 31.8 Å². The number of methoxy groups -OCH3 is 1. The Balaban J connectivity index is 3.33. The van der Waals surface area contributed by atoms with Gasteiger partial charge in [-0.05, 0) is 12.1 Å². The van der Waals surface area contributed by atoms with Gasteiger partial charge in [0.2, 0.25) is 0 Å². The summed E-state index contributed by atoms with van der Waals surface area (Å²) in [5, 5.41) is 8.54. The largest absolute Gasteiger partial charge is 0.573 e. The zero-order chi connectivity index (χ0) is 13.9. The fourth-order valence-corrected chi connectivity index (χ4v) is 1.11. The van der Waals surface area contributed by atoms with Crippen LogP contribution in [0.15, 0.2) is 12.1 Å². The molecule has 0 heterocycles. The van der Waals surface area contributed by atoms with E-state index in [0.29, 0.717) is 6.07 Å². The van der Waals surface area contributed by atoms with Crippen LogP contribution in [-0.2, 0) is 4.74 Å². The molecule has 8 heteroatoms. The summed E-state index contributed by atoms with van der Waals surface area (Å²) in [6.07, 6.45) is -5.14. The van der Waals surface area contributed by atoms with Crippen molar-refractivity contribution in [2.75, 3.05) is 7.11 Å². The number of alkyl halides is 3. The van der Waals surface area contributed by atoms with E-state index in [1.54, 1.807) is 0 Å². The van der Waals surface area contributed by atoms with Gasteiger partial charge in [-0.1, -0.05) is 0 Å². The van der Waals surface area contributed by atoms with Crippen LogP contribution >= 0.6 is 0 Å². The maximum absolute atomic E-state index is 13.4. The van der Waals surface area contributed by atoms with Gasteiger partial charge in [0.05, 0.1) is 18.2 Å². The summed E-state index contributed by atoms with van der Waals surface area (Å²) < 4.78 is 56.9. The van der Waals surface area contributed by atoms with E-state index in [1.165, 1.54) is 6.07 Å². The molecule has 0 saturated heterocycles. The van der Waals surface area contributed by atoms with Crippen molar-refractivity contribution in [2.45, 2.75) is 6.36 Å². The number of hydrogen-bond donors (Lipinski definition) is 0. The molecule has 0 unspecified atom stereocenters. The lowest BCUT2D eigenvalue weighted by Gasteiger charge is -2.11. The second-order valence-corrected chi connectivity index (χ2v) is 2.99. The predicted octanol–water partition coefficient (Wildman–Crippen LogP) is 2.38. The molecule has 1 aromatic rings.